The zero-order chi connectivity index (χ0) is 34.4. The fraction of sp³-hybridized carbons (Fsp3) is 0.765. The Labute approximate surface area is 271 Å². The van der Waals surface area contributed by atoms with Gasteiger partial charge in [-0.15, -0.1) is 0 Å². The molecule has 0 spiro atoms. The summed E-state index contributed by atoms with van der Waals surface area (Å²) in [5.41, 5.74) is -0.783. The van der Waals surface area contributed by atoms with Crippen LogP contribution < -0.4 is 0 Å². The molecule has 0 bridgehead atoms. The first-order valence-corrected chi connectivity index (χ1v) is 19.8. The quantitative estimate of drug-likeness (QED) is 0.187. The molecule has 1 saturated carbocycles. The maximum Gasteiger partial charge on any atom is 0.312 e. The predicted octanol–water partition coefficient (Wildman–Crippen LogP) is 6.38. The van der Waals surface area contributed by atoms with Crippen molar-refractivity contribution in [2.45, 2.75) is 135 Å². The number of rotatable bonds is 17. The molecule has 1 aliphatic rings. The third-order valence-corrected chi connectivity index (χ3v) is 14.1. The number of carbonyl (C=O) groups excluding carboxylic acids is 2. The van der Waals surface area contributed by atoms with Gasteiger partial charge in [0.15, 0.2) is 19.7 Å². The van der Waals surface area contributed by atoms with Crippen LogP contribution in [0.1, 0.15) is 119 Å². The van der Waals surface area contributed by atoms with Crippen LogP contribution in [-0.2, 0) is 38.7 Å². The van der Waals surface area contributed by atoms with E-state index < -0.39 is 76.7 Å². The minimum absolute atomic E-state index is 0.0817. The van der Waals surface area contributed by atoms with Crippen molar-refractivity contribution in [3.05, 3.63) is 29.8 Å². The minimum atomic E-state index is -3.73. The number of ether oxygens (including phenoxy) is 2. The zero-order valence-electron chi connectivity index (χ0n) is 28.7. The normalized spacial score (nSPS) is 18.2. The molecule has 11 heteroatoms. The molecule has 1 fully saturated rings. The summed E-state index contributed by atoms with van der Waals surface area (Å²) in [5, 5.41) is 8.24. The van der Waals surface area contributed by atoms with Crippen LogP contribution in [0.4, 0.5) is 0 Å². The van der Waals surface area contributed by atoms with Gasteiger partial charge in [0, 0.05) is 0 Å². The van der Waals surface area contributed by atoms with Crippen molar-refractivity contribution in [3.8, 4) is 5.75 Å². The first-order valence-electron chi connectivity index (χ1n) is 16.3. The number of aromatic hydroxyl groups is 1. The molecule has 3 atom stereocenters. The lowest BCUT2D eigenvalue weighted by Crippen LogP contribution is -2.44. The zero-order valence-corrected chi connectivity index (χ0v) is 30.3. The Morgan fingerprint density at radius 2 is 1.36 bits per heavy atom. The van der Waals surface area contributed by atoms with Crippen molar-refractivity contribution in [3.63, 3.8) is 0 Å². The Kier molecular flexibility index (Phi) is 13.6. The number of benzene rings is 1. The summed E-state index contributed by atoms with van der Waals surface area (Å²) in [4.78, 5) is 27.9. The Bertz CT molecular complexity index is 1300. The summed E-state index contributed by atoms with van der Waals surface area (Å²) in [6.07, 6.45) is 2.84. The van der Waals surface area contributed by atoms with Crippen LogP contribution in [0.2, 0.25) is 0 Å². The van der Waals surface area contributed by atoms with Crippen molar-refractivity contribution >= 4 is 31.6 Å². The topological polar surface area (TPSA) is 141 Å². The van der Waals surface area contributed by atoms with E-state index in [0.29, 0.717) is 12.8 Å². The smallest absolute Gasteiger partial charge is 0.312 e. The lowest BCUT2D eigenvalue weighted by Gasteiger charge is -2.39. The molecule has 3 unspecified atom stereocenters. The molecule has 0 saturated heterocycles. The van der Waals surface area contributed by atoms with E-state index in [2.05, 4.69) is 13.8 Å². The van der Waals surface area contributed by atoms with Gasteiger partial charge in [0.1, 0.15) is 17.5 Å². The highest BCUT2D eigenvalue weighted by molar-refractivity contribution is 7.93. The second-order valence-corrected chi connectivity index (χ2v) is 19.4. The maximum atomic E-state index is 14.2. The van der Waals surface area contributed by atoms with Crippen LogP contribution in [0.15, 0.2) is 24.3 Å². The molecule has 45 heavy (non-hydrogen) atoms. The van der Waals surface area contributed by atoms with Crippen molar-refractivity contribution in [1.29, 1.82) is 0 Å². The van der Waals surface area contributed by atoms with E-state index >= 15 is 0 Å². The third-order valence-electron chi connectivity index (χ3n) is 9.59. The SMILES string of the molecule is CCC(CC(C)(CC(C)c1ccc(O)cc1)C(=O)OC1(C(C)C)CCCC1)C(=O)OC(CS(=O)(=O)C(C)C)CS(=O)(=O)C(C)C. The van der Waals surface area contributed by atoms with E-state index in [-0.39, 0.29) is 24.0 Å². The molecule has 1 aromatic rings. The van der Waals surface area contributed by atoms with Crippen LogP contribution in [-0.4, -0.2) is 67.6 Å². The standard InChI is InChI=1S/C34H56O9S2/c1-10-27(31(36)42-30(21-44(38,39)24(4)5)22-45(40,41)25(6)7)20-33(9,19-26(8)28-13-15-29(35)16-14-28)32(37)43-34(23(2)3)17-11-12-18-34/h13-16,23-27,30,35H,10-12,17-22H2,1-9H3. The summed E-state index contributed by atoms with van der Waals surface area (Å²) in [6.45, 7) is 15.7. The Morgan fingerprint density at radius 1 is 0.867 bits per heavy atom. The molecular weight excluding hydrogens is 616 g/mol. The summed E-state index contributed by atoms with van der Waals surface area (Å²) in [7, 11) is -7.47. The van der Waals surface area contributed by atoms with Gasteiger partial charge >= 0.3 is 11.9 Å². The average Bonchev–Trinajstić information content (AvgIpc) is 3.41. The Balaban J connectivity index is 2.44. The van der Waals surface area contributed by atoms with Gasteiger partial charge in [-0.2, -0.15) is 0 Å². The largest absolute Gasteiger partial charge is 0.508 e. The van der Waals surface area contributed by atoms with E-state index in [0.717, 1.165) is 31.2 Å². The van der Waals surface area contributed by atoms with Gasteiger partial charge in [0.2, 0.25) is 0 Å². The fourth-order valence-electron chi connectivity index (χ4n) is 6.14. The van der Waals surface area contributed by atoms with E-state index in [1.54, 1.807) is 38.1 Å². The van der Waals surface area contributed by atoms with Crippen molar-refractivity contribution in [2.75, 3.05) is 11.5 Å². The molecule has 1 aromatic carbocycles. The van der Waals surface area contributed by atoms with Crippen molar-refractivity contribution in [1.82, 2.24) is 0 Å². The molecule has 9 nitrogen and oxygen atoms in total. The number of carbonyl (C=O) groups is 2. The summed E-state index contributed by atoms with van der Waals surface area (Å²) in [6, 6.07) is 6.80. The first-order chi connectivity index (χ1) is 20.7. The predicted molar refractivity (Wildman–Crippen MR) is 177 cm³/mol. The van der Waals surface area contributed by atoms with Gasteiger partial charge in [0.05, 0.1) is 33.3 Å². The lowest BCUT2D eigenvalue weighted by molar-refractivity contribution is -0.179. The lowest BCUT2D eigenvalue weighted by atomic mass is 9.72. The maximum absolute atomic E-state index is 14.2. The Hall–Kier alpha value is -2.14. The number of esters is 2. The first kappa shape index (κ1) is 39.0. The average molecular weight is 673 g/mol. The molecule has 1 N–H and O–H groups in total. The van der Waals surface area contributed by atoms with E-state index in [1.807, 2.05) is 6.92 Å². The third kappa shape index (κ3) is 10.4. The molecule has 0 aromatic heterocycles. The van der Waals surface area contributed by atoms with Crippen LogP contribution in [0.3, 0.4) is 0 Å². The number of hydrogen-bond acceptors (Lipinski definition) is 9. The molecule has 258 valence electrons. The number of phenols is 1. The number of hydrogen-bond donors (Lipinski definition) is 1. The molecule has 0 amide bonds. The number of sulfone groups is 2. The van der Waals surface area contributed by atoms with Gasteiger partial charge in [-0.25, -0.2) is 16.8 Å². The van der Waals surface area contributed by atoms with Crippen molar-refractivity contribution in [2.24, 2.45) is 17.3 Å². The second kappa shape index (κ2) is 15.6. The van der Waals surface area contributed by atoms with Crippen LogP contribution >= 0.6 is 0 Å². The number of phenolic OH excluding ortho intramolecular Hbond substituents is 1. The van der Waals surface area contributed by atoms with Crippen LogP contribution in [0.5, 0.6) is 5.75 Å². The van der Waals surface area contributed by atoms with Gasteiger partial charge in [0.25, 0.3) is 0 Å². The molecule has 0 radical (unpaired) electrons. The van der Waals surface area contributed by atoms with E-state index in [1.165, 1.54) is 27.7 Å². The molecule has 0 aliphatic heterocycles. The van der Waals surface area contributed by atoms with E-state index in [9.17, 15) is 31.5 Å². The van der Waals surface area contributed by atoms with Gasteiger partial charge in [-0.05, 0) is 109 Å². The molecule has 2 rings (SSSR count). The highest BCUT2D eigenvalue weighted by Gasteiger charge is 2.47. The summed E-state index contributed by atoms with van der Waals surface area (Å²) >= 11 is 0. The molecular formula is C34H56O9S2. The summed E-state index contributed by atoms with van der Waals surface area (Å²) < 4.78 is 63.3. The van der Waals surface area contributed by atoms with Crippen molar-refractivity contribution < 1.29 is 41.0 Å². The Morgan fingerprint density at radius 3 is 1.78 bits per heavy atom. The fourth-order valence-corrected chi connectivity index (χ4v) is 8.47. The van der Waals surface area contributed by atoms with Crippen LogP contribution in [0, 0.1) is 17.3 Å². The molecule has 0 heterocycles. The van der Waals surface area contributed by atoms with Gasteiger partial charge in [-0.1, -0.05) is 39.8 Å². The minimum Gasteiger partial charge on any atom is -0.508 e. The van der Waals surface area contributed by atoms with E-state index in [4.69, 9.17) is 9.47 Å². The highest BCUT2D eigenvalue weighted by atomic mass is 32.2. The van der Waals surface area contributed by atoms with Gasteiger partial charge < -0.3 is 14.6 Å². The highest BCUT2D eigenvalue weighted by Crippen LogP contribution is 2.45. The second-order valence-electron chi connectivity index (χ2n) is 14.2. The summed E-state index contributed by atoms with van der Waals surface area (Å²) in [5.74, 6) is -3.02. The molecule has 1 aliphatic carbocycles. The van der Waals surface area contributed by atoms with Gasteiger partial charge in [-0.3, -0.25) is 9.59 Å². The monoisotopic (exact) mass is 672 g/mol. The van der Waals surface area contributed by atoms with Crippen LogP contribution in [0.25, 0.3) is 0 Å².